The number of furan rings is 1. The van der Waals surface area contributed by atoms with Gasteiger partial charge in [-0.1, -0.05) is 29.3 Å². The fourth-order valence-electron chi connectivity index (χ4n) is 3.40. The van der Waals surface area contributed by atoms with E-state index in [2.05, 4.69) is 22.1 Å². The van der Waals surface area contributed by atoms with Gasteiger partial charge in [0.2, 0.25) is 0 Å². The summed E-state index contributed by atoms with van der Waals surface area (Å²) in [5.41, 5.74) is 1.72. The summed E-state index contributed by atoms with van der Waals surface area (Å²) in [4.78, 5) is 6.61. The van der Waals surface area contributed by atoms with Gasteiger partial charge in [-0.25, -0.2) is 0 Å². The molecule has 2 atom stereocenters. The third-order valence-corrected chi connectivity index (χ3v) is 5.55. The van der Waals surface area contributed by atoms with Crippen LogP contribution in [0.4, 0.5) is 0 Å². The van der Waals surface area contributed by atoms with E-state index in [4.69, 9.17) is 39.8 Å². The molecule has 138 valence electrons. The lowest BCUT2D eigenvalue weighted by Gasteiger charge is -2.24. The standard InChI is InChI=1S/C20H17Cl2N3OS/c1-2-25-19(18(24-20(25)27)15-5-3-4-10-23-15)17-9-8-16(26-17)13-7-6-12(21)11-14(13)22/h3-11,18-19H,2H2,1H3,(H,24,27)/t18-,19+/m1/s1. The molecule has 4 nitrogen and oxygen atoms in total. The van der Waals surface area contributed by atoms with Gasteiger partial charge in [0.05, 0.1) is 16.8 Å². The normalized spacial score (nSPS) is 19.4. The van der Waals surface area contributed by atoms with E-state index >= 15 is 0 Å². The number of benzene rings is 1. The van der Waals surface area contributed by atoms with E-state index < -0.39 is 0 Å². The van der Waals surface area contributed by atoms with Crippen molar-refractivity contribution in [1.82, 2.24) is 15.2 Å². The number of hydrogen-bond acceptors (Lipinski definition) is 3. The van der Waals surface area contributed by atoms with Crippen LogP contribution >= 0.6 is 35.4 Å². The molecule has 7 heteroatoms. The molecule has 2 aromatic heterocycles. The number of hydrogen-bond donors (Lipinski definition) is 1. The minimum absolute atomic E-state index is 0.0849. The van der Waals surface area contributed by atoms with Gasteiger partial charge in [-0.05, 0) is 61.6 Å². The van der Waals surface area contributed by atoms with Crippen LogP contribution in [-0.2, 0) is 0 Å². The number of rotatable bonds is 4. The first kappa shape index (κ1) is 18.3. The molecule has 0 amide bonds. The van der Waals surface area contributed by atoms with Crippen molar-refractivity contribution in [3.63, 3.8) is 0 Å². The van der Waals surface area contributed by atoms with E-state index in [9.17, 15) is 0 Å². The number of nitrogens with one attached hydrogen (secondary N) is 1. The van der Waals surface area contributed by atoms with E-state index in [1.165, 1.54) is 0 Å². The molecule has 1 aromatic carbocycles. The maximum absolute atomic E-state index is 6.34. The minimum atomic E-state index is -0.0859. The maximum Gasteiger partial charge on any atom is 0.170 e. The van der Waals surface area contributed by atoms with Gasteiger partial charge in [0.15, 0.2) is 5.11 Å². The van der Waals surface area contributed by atoms with Crippen LogP contribution in [0.1, 0.15) is 30.5 Å². The smallest absolute Gasteiger partial charge is 0.170 e. The van der Waals surface area contributed by atoms with Crippen LogP contribution in [-0.4, -0.2) is 21.5 Å². The molecule has 0 aliphatic carbocycles. The molecule has 0 spiro atoms. The van der Waals surface area contributed by atoms with Gasteiger partial charge in [-0.3, -0.25) is 4.98 Å². The van der Waals surface area contributed by atoms with Gasteiger partial charge in [0.1, 0.15) is 17.6 Å². The molecular weight excluding hydrogens is 401 g/mol. The predicted molar refractivity (Wildman–Crippen MR) is 112 cm³/mol. The summed E-state index contributed by atoms with van der Waals surface area (Å²) < 4.78 is 6.21. The largest absolute Gasteiger partial charge is 0.459 e. The third-order valence-electron chi connectivity index (χ3n) is 4.65. The third kappa shape index (κ3) is 3.43. The van der Waals surface area contributed by atoms with Gasteiger partial charge in [0.25, 0.3) is 0 Å². The number of halogens is 2. The highest BCUT2D eigenvalue weighted by Gasteiger charge is 2.40. The van der Waals surface area contributed by atoms with Crippen molar-refractivity contribution in [2.24, 2.45) is 0 Å². The first-order valence-electron chi connectivity index (χ1n) is 8.61. The predicted octanol–water partition coefficient (Wildman–Crippen LogP) is 5.64. The highest BCUT2D eigenvalue weighted by Crippen LogP contribution is 2.41. The fourth-order valence-corrected chi connectivity index (χ4v) is 4.27. The second kappa shape index (κ2) is 7.50. The lowest BCUT2D eigenvalue weighted by Crippen LogP contribution is -2.29. The SMILES string of the molecule is CCN1C(=S)N[C@H](c2ccccn2)[C@@H]1c1ccc(-c2ccc(Cl)cc2Cl)o1. The Balaban J connectivity index is 1.73. The summed E-state index contributed by atoms with van der Waals surface area (Å²) in [5.74, 6) is 1.50. The summed E-state index contributed by atoms with van der Waals surface area (Å²) in [5, 5.41) is 5.22. The van der Waals surface area contributed by atoms with Crippen molar-refractivity contribution in [3.8, 4) is 11.3 Å². The first-order chi connectivity index (χ1) is 13.1. The average molecular weight is 418 g/mol. The Kier molecular flexibility index (Phi) is 5.08. The van der Waals surface area contributed by atoms with Crippen molar-refractivity contribution >= 4 is 40.5 Å². The van der Waals surface area contributed by atoms with Crippen LogP contribution in [0.3, 0.4) is 0 Å². The van der Waals surface area contributed by atoms with Crippen LogP contribution in [0.5, 0.6) is 0 Å². The fraction of sp³-hybridized carbons (Fsp3) is 0.200. The van der Waals surface area contributed by atoms with Gasteiger partial charge in [-0.15, -0.1) is 0 Å². The molecule has 0 bridgehead atoms. The van der Waals surface area contributed by atoms with Crippen molar-refractivity contribution < 1.29 is 4.42 Å². The lowest BCUT2D eigenvalue weighted by molar-refractivity contribution is 0.284. The van der Waals surface area contributed by atoms with E-state index in [0.717, 1.165) is 23.6 Å². The lowest BCUT2D eigenvalue weighted by atomic mass is 10.0. The zero-order valence-electron chi connectivity index (χ0n) is 14.5. The molecule has 0 radical (unpaired) electrons. The highest BCUT2D eigenvalue weighted by atomic mass is 35.5. The zero-order chi connectivity index (χ0) is 19.0. The topological polar surface area (TPSA) is 41.3 Å². The summed E-state index contributed by atoms with van der Waals surface area (Å²) in [6, 6.07) is 15.0. The number of thiocarbonyl (C=S) groups is 1. The van der Waals surface area contributed by atoms with Crippen LogP contribution in [0.15, 0.2) is 59.1 Å². The molecule has 1 aliphatic heterocycles. The van der Waals surface area contributed by atoms with Gasteiger partial charge in [0, 0.05) is 23.3 Å². The van der Waals surface area contributed by atoms with E-state index in [1.807, 2.05) is 36.4 Å². The van der Waals surface area contributed by atoms with Crippen LogP contribution in [0, 0.1) is 0 Å². The first-order valence-corrected chi connectivity index (χ1v) is 9.78. The van der Waals surface area contributed by atoms with Crippen molar-refractivity contribution in [2.75, 3.05) is 6.54 Å². The number of pyridine rings is 1. The second-order valence-corrected chi connectivity index (χ2v) is 7.47. The number of nitrogens with zero attached hydrogens (tertiary/aromatic N) is 2. The van der Waals surface area contributed by atoms with Crippen molar-refractivity contribution in [3.05, 3.63) is 76.2 Å². The van der Waals surface area contributed by atoms with Crippen molar-refractivity contribution in [2.45, 2.75) is 19.0 Å². The average Bonchev–Trinajstić information content (AvgIpc) is 3.26. The molecular formula is C20H17Cl2N3OS. The summed E-state index contributed by atoms with van der Waals surface area (Å²) in [7, 11) is 0. The summed E-state index contributed by atoms with van der Waals surface area (Å²) >= 11 is 17.9. The zero-order valence-corrected chi connectivity index (χ0v) is 16.9. The Hall–Kier alpha value is -2.08. The van der Waals surface area contributed by atoms with E-state index in [0.29, 0.717) is 20.9 Å². The molecule has 0 unspecified atom stereocenters. The molecule has 27 heavy (non-hydrogen) atoms. The molecule has 1 saturated heterocycles. The molecule has 4 rings (SSSR count). The Morgan fingerprint density at radius 2 is 2.04 bits per heavy atom. The Bertz CT molecular complexity index is 976. The molecule has 3 aromatic rings. The monoisotopic (exact) mass is 417 g/mol. The summed E-state index contributed by atoms with van der Waals surface area (Å²) in [6.45, 7) is 2.83. The van der Waals surface area contributed by atoms with E-state index in [1.54, 1.807) is 18.3 Å². The molecule has 0 saturated carbocycles. The van der Waals surface area contributed by atoms with E-state index in [-0.39, 0.29) is 12.1 Å². The molecule has 1 N–H and O–H groups in total. The Morgan fingerprint density at radius 3 is 2.74 bits per heavy atom. The van der Waals surface area contributed by atoms with Gasteiger partial charge >= 0.3 is 0 Å². The second-order valence-electron chi connectivity index (χ2n) is 6.24. The molecule has 3 heterocycles. The van der Waals surface area contributed by atoms with Crippen LogP contribution < -0.4 is 5.32 Å². The molecule has 1 aliphatic rings. The van der Waals surface area contributed by atoms with Crippen LogP contribution in [0.2, 0.25) is 10.0 Å². The van der Waals surface area contributed by atoms with Crippen LogP contribution in [0.25, 0.3) is 11.3 Å². The summed E-state index contributed by atoms with van der Waals surface area (Å²) in [6.07, 6.45) is 1.78. The quantitative estimate of drug-likeness (QED) is 0.556. The Morgan fingerprint density at radius 1 is 1.19 bits per heavy atom. The minimum Gasteiger partial charge on any atom is -0.459 e. The molecule has 1 fully saturated rings. The number of likely N-dealkylation sites (N-methyl/N-ethyl adjacent to an activating group) is 1. The van der Waals surface area contributed by atoms with Gasteiger partial charge < -0.3 is 14.6 Å². The van der Waals surface area contributed by atoms with Crippen molar-refractivity contribution in [1.29, 1.82) is 0 Å². The Labute approximate surface area is 173 Å². The maximum atomic E-state index is 6.34. The highest BCUT2D eigenvalue weighted by molar-refractivity contribution is 7.80. The van der Waals surface area contributed by atoms with Gasteiger partial charge in [-0.2, -0.15) is 0 Å². The number of aromatic nitrogens is 1.